The second-order valence-corrected chi connectivity index (χ2v) is 2.48. The molecule has 0 aliphatic carbocycles. The predicted octanol–water partition coefficient (Wildman–Crippen LogP) is 1.43. The zero-order valence-corrected chi connectivity index (χ0v) is 7.31. The lowest BCUT2D eigenvalue weighted by atomic mass is 10.2. The summed E-state index contributed by atoms with van der Waals surface area (Å²) in [5.41, 5.74) is 1.34. The number of nitrogens with one attached hydrogen (secondary N) is 2. The first-order chi connectivity index (χ1) is 6.49. The van der Waals surface area contributed by atoms with E-state index in [4.69, 9.17) is 5.84 Å². The van der Waals surface area contributed by atoms with Gasteiger partial charge in [-0.25, -0.2) is 10.8 Å². The Hall–Kier alpha value is -1.50. The molecule has 4 nitrogen and oxygen atoms in total. The number of halogens is 3. The fourth-order valence-corrected chi connectivity index (χ4v) is 0.959. The molecule has 0 saturated carbocycles. The first kappa shape index (κ1) is 10.6. The lowest BCUT2D eigenvalue weighted by Crippen LogP contribution is -2.14. The topological polar surface area (TPSA) is 63.0 Å². The Morgan fingerprint density at radius 3 is 2.43 bits per heavy atom. The van der Waals surface area contributed by atoms with Crippen LogP contribution in [0.2, 0.25) is 0 Å². The number of nitrogens with two attached hydrogens (primary N) is 1. The van der Waals surface area contributed by atoms with Gasteiger partial charge in [0.1, 0.15) is 11.6 Å². The Morgan fingerprint density at radius 1 is 1.36 bits per heavy atom. The highest BCUT2D eigenvalue weighted by Gasteiger charge is 2.34. The van der Waals surface area contributed by atoms with Gasteiger partial charge >= 0.3 is 6.18 Å². The van der Waals surface area contributed by atoms with Gasteiger partial charge in [-0.05, 0) is 12.1 Å². The molecule has 1 rings (SSSR count). The van der Waals surface area contributed by atoms with Gasteiger partial charge in [0.05, 0.1) is 5.56 Å². The average molecular weight is 206 g/mol. The van der Waals surface area contributed by atoms with E-state index in [2.05, 4.69) is 15.7 Å². The van der Waals surface area contributed by atoms with Crippen molar-refractivity contribution in [2.45, 2.75) is 6.18 Å². The standard InChI is InChI=1S/C7H9F3N4/c1-12-6-4(7(8,9)10)2-3-5(13-6)14-11/h2-3H,11H2,1H3,(H2,12,13,14). The zero-order chi connectivity index (χ0) is 10.8. The molecule has 78 valence electrons. The molecule has 0 spiro atoms. The van der Waals surface area contributed by atoms with Crippen molar-refractivity contribution in [2.75, 3.05) is 17.8 Å². The van der Waals surface area contributed by atoms with E-state index in [1.807, 2.05) is 0 Å². The van der Waals surface area contributed by atoms with Crippen LogP contribution in [0, 0.1) is 0 Å². The Balaban J connectivity index is 3.18. The van der Waals surface area contributed by atoms with E-state index in [0.717, 1.165) is 12.1 Å². The smallest absolute Gasteiger partial charge is 0.373 e. The molecule has 0 atom stereocenters. The molecule has 14 heavy (non-hydrogen) atoms. The van der Waals surface area contributed by atoms with Crippen LogP contribution in [-0.4, -0.2) is 12.0 Å². The molecule has 0 bridgehead atoms. The fraction of sp³-hybridized carbons (Fsp3) is 0.286. The maximum Gasteiger partial charge on any atom is 0.419 e. The Labute approximate surface area is 78.3 Å². The molecule has 1 aromatic heterocycles. The number of anilines is 2. The minimum absolute atomic E-state index is 0.169. The molecule has 0 amide bonds. The molecular formula is C7H9F3N4. The number of alkyl halides is 3. The van der Waals surface area contributed by atoms with Gasteiger partial charge in [-0.1, -0.05) is 0 Å². The summed E-state index contributed by atoms with van der Waals surface area (Å²) in [7, 11) is 1.36. The fourth-order valence-electron chi connectivity index (χ4n) is 0.959. The summed E-state index contributed by atoms with van der Waals surface area (Å²) in [6, 6.07) is 2.07. The average Bonchev–Trinajstić information content (AvgIpc) is 2.15. The summed E-state index contributed by atoms with van der Waals surface area (Å²) in [4.78, 5) is 3.61. The summed E-state index contributed by atoms with van der Waals surface area (Å²) < 4.78 is 37.0. The molecule has 0 fully saturated rings. The summed E-state index contributed by atoms with van der Waals surface area (Å²) in [5, 5.41) is 2.35. The van der Waals surface area contributed by atoms with Crippen LogP contribution in [-0.2, 0) is 6.18 Å². The van der Waals surface area contributed by atoms with E-state index in [1.54, 1.807) is 0 Å². The minimum atomic E-state index is -4.42. The largest absolute Gasteiger partial charge is 0.419 e. The highest BCUT2D eigenvalue weighted by molar-refractivity contribution is 5.51. The molecule has 1 heterocycles. The monoisotopic (exact) mass is 206 g/mol. The van der Waals surface area contributed by atoms with Gasteiger partial charge in [-0.2, -0.15) is 13.2 Å². The second-order valence-electron chi connectivity index (χ2n) is 2.48. The molecule has 0 unspecified atom stereocenters. The van der Waals surface area contributed by atoms with E-state index in [9.17, 15) is 13.2 Å². The van der Waals surface area contributed by atoms with Gasteiger partial charge in [0, 0.05) is 7.05 Å². The zero-order valence-electron chi connectivity index (χ0n) is 7.31. The van der Waals surface area contributed by atoms with Crippen LogP contribution in [0.1, 0.15) is 5.56 Å². The first-order valence-electron chi connectivity index (χ1n) is 3.71. The number of nitrogen functional groups attached to an aromatic ring is 1. The third kappa shape index (κ3) is 2.05. The molecule has 0 aliphatic rings. The normalized spacial score (nSPS) is 11.2. The minimum Gasteiger partial charge on any atom is -0.373 e. The van der Waals surface area contributed by atoms with Gasteiger partial charge in [0.25, 0.3) is 0 Å². The molecule has 0 saturated heterocycles. The first-order valence-corrected chi connectivity index (χ1v) is 3.71. The molecule has 1 aromatic rings. The van der Waals surface area contributed by atoms with E-state index >= 15 is 0 Å². The third-order valence-corrected chi connectivity index (χ3v) is 1.59. The Kier molecular flexibility index (Phi) is 2.80. The van der Waals surface area contributed by atoms with Crippen LogP contribution in [0.5, 0.6) is 0 Å². The maximum atomic E-state index is 12.3. The predicted molar refractivity (Wildman–Crippen MR) is 46.6 cm³/mol. The summed E-state index contributed by atoms with van der Waals surface area (Å²) in [5.74, 6) is 4.92. The number of hydrogen-bond donors (Lipinski definition) is 3. The molecule has 0 aromatic carbocycles. The molecule has 7 heteroatoms. The van der Waals surface area contributed by atoms with Crippen molar-refractivity contribution >= 4 is 11.6 Å². The SMILES string of the molecule is CNc1nc(NN)ccc1C(F)(F)F. The Morgan fingerprint density at radius 2 is 2.00 bits per heavy atom. The number of aromatic nitrogens is 1. The van der Waals surface area contributed by atoms with Crippen LogP contribution < -0.4 is 16.6 Å². The summed E-state index contributed by atoms with van der Waals surface area (Å²) in [6.45, 7) is 0. The van der Waals surface area contributed by atoms with Gasteiger partial charge in [-0.15, -0.1) is 0 Å². The lowest BCUT2D eigenvalue weighted by Gasteiger charge is -2.12. The van der Waals surface area contributed by atoms with Crippen LogP contribution in [0.15, 0.2) is 12.1 Å². The van der Waals surface area contributed by atoms with E-state index in [-0.39, 0.29) is 11.6 Å². The summed E-state index contributed by atoms with van der Waals surface area (Å²) >= 11 is 0. The van der Waals surface area contributed by atoms with E-state index < -0.39 is 11.7 Å². The van der Waals surface area contributed by atoms with Crippen LogP contribution in [0.3, 0.4) is 0 Å². The van der Waals surface area contributed by atoms with E-state index in [1.165, 1.54) is 7.05 Å². The number of pyridine rings is 1. The van der Waals surface area contributed by atoms with Crippen molar-refractivity contribution in [1.29, 1.82) is 0 Å². The molecule has 4 N–H and O–H groups in total. The number of rotatable bonds is 2. The van der Waals surface area contributed by atoms with Crippen molar-refractivity contribution in [3.05, 3.63) is 17.7 Å². The van der Waals surface area contributed by atoms with Crippen LogP contribution in [0.4, 0.5) is 24.8 Å². The van der Waals surface area contributed by atoms with Crippen molar-refractivity contribution < 1.29 is 13.2 Å². The molecule has 0 aliphatic heterocycles. The van der Waals surface area contributed by atoms with Gasteiger partial charge in [0.2, 0.25) is 0 Å². The highest BCUT2D eigenvalue weighted by Crippen LogP contribution is 2.34. The number of hydrazine groups is 1. The van der Waals surface area contributed by atoms with Crippen molar-refractivity contribution in [3.8, 4) is 0 Å². The van der Waals surface area contributed by atoms with Gasteiger partial charge in [-0.3, -0.25) is 0 Å². The highest BCUT2D eigenvalue weighted by atomic mass is 19.4. The number of nitrogens with zero attached hydrogens (tertiary/aromatic N) is 1. The van der Waals surface area contributed by atoms with Crippen molar-refractivity contribution in [1.82, 2.24) is 4.98 Å². The van der Waals surface area contributed by atoms with E-state index in [0.29, 0.717) is 0 Å². The quantitative estimate of drug-likeness (QED) is 0.506. The lowest BCUT2D eigenvalue weighted by molar-refractivity contribution is -0.137. The third-order valence-electron chi connectivity index (χ3n) is 1.59. The molecular weight excluding hydrogens is 197 g/mol. The Bertz CT molecular complexity index is 323. The van der Waals surface area contributed by atoms with Gasteiger partial charge in [0.15, 0.2) is 0 Å². The summed E-state index contributed by atoms with van der Waals surface area (Å²) in [6.07, 6.45) is -4.42. The van der Waals surface area contributed by atoms with Crippen LogP contribution >= 0.6 is 0 Å². The number of hydrogen-bond acceptors (Lipinski definition) is 4. The second kappa shape index (κ2) is 3.70. The maximum absolute atomic E-state index is 12.3. The van der Waals surface area contributed by atoms with Crippen LogP contribution in [0.25, 0.3) is 0 Å². The molecule has 0 radical (unpaired) electrons. The van der Waals surface area contributed by atoms with Crippen molar-refractivity contribution in [2.24, 2.45) is 5.84 Å². The van der Waals surface area contributed by atoms with Gasteiger partial charge < -0.3 is 10.7 Å². The van der Waals surface area contributed by atoms with Crippen molar-refractivity contribution in [3.63, 3.8) is 0 Å².